The lowest BCUT2D eigenvalue weighted by molar-refractivity contribution is 0.103. The SMILES string of the molecule is CCc1ccc(C(C)NCC(O)COc2ccccc2C(C)CC)cc1.Cl. The van der Waals surface area contributed by atoms with Crippen LogP contribution in [0.2, 0.25) is 0 Å². The molecule has 0 aromatic heterocycles. The molecule has 2 N–H and O–H groups in total. The highest BCUT2D eigenvalue weighted by atomic mass is 35.5. The second-order valence-electron chi connectivity index (χ2n) is 7.04. The molecule has 0 saturated carbocycles. The molecule has 0 heterocycles. The standard InChI is InChI=1S/C23H33NO2.ClH/c1-5-17(3)22-9-7-8-10-23(22)26-16-21(25)15-24-18(4)20-13-11-19(6-2)12-14-20;/h7-14,17-18,21,24-25H,5-6,15-16H2,1-4H3;1H. The van der Waals surface area contributed by atoms with Gasteiger partial charge in [0.15, 0.2) is 0 Å². The van der Waals surface area contributed by atoms with Crippen LogP contribution >= 0.6 is 12.4 Å². The van der Waals surface area contributed by atoms with Crippen LogP contribution in [0.25, 0.3) is 0 Å². The molecular formula is C23H34ClNO2. The highest BCUT2D eigenvalue weighted by molar-refractivity contribution is 5.85. The maximum absolute atomic E-state index is 10.3. The molecule has 0 aliphatic rings. The van der Waals surface area contributed by atoms with Crippen molar-refractivity contribution < 1.29 is 9.84 Å². The molecule has 0 aliphatic carbocycles. The Balaban J connectivity index is 0.00000364. The fourth-order valence-electron chi connectivity index (χ4n) is 2.96. The van der Waals surface area contributed by atoms with Gasteiger partial charge in [-0.1, -0.05) is 63.2 Å². The first kappa shape index (κ1) is 23.5. The van der Waals surface area contributed by atoms with E-state index in [0.29, 0.717) is 19.1 Å². The molecular weight excluding hydrogens is 358 g/mol. The van der Waals surface area contributed by atoms with E-state index in [1.807, 2.05) is 18.2 Å². The van der Waals surface area contributed by atoms with E-state index in [-0.39, 0.29) is 18.4 Å². The first-order valence-electron chi connectivity index (χ1n) is 9.77. The van der Waals surface area contributed by atoms with Crippen molar-refractivity contribution in [2.45, 2.75) is 58.6 Å². The maximum atomic E-state index is 10.3. The van der Waals surface area contributed by atoms with Crippen LogP contribution < -0.4 is 10.1 Å². The lowest BCUT2D eigenvalue weighted by Crippen LogP contribution is -2.33. The normalized spacial score (nSPS) is 14.1. The first-order valence-corrected chi connectivity index (χ1v) is 9.77. The molecule has 4 heteroatoms. The second kappa shape index (κ2) is 12.0. The van der Waals surface area contributed by atoms with Crippen molar-refractivity contribution in [1.82, 2.24) is 5.32 Å². The minimum atomic E-state index is -0.544. The number of hydrogen-bond donors (Lipinski definition) is 2. The van der Waals surface area contributed by atoms with Gasteiger partial charge in [0.2, 0.25) is 0 Å². The maximum Gasteiger partial charge on any atom is 0.122 e. The molecule has 0 spiro atoms. The van der Waals surface area contributed by atoms with Gasteiger partial charge in [0.1, 0.15) is 18.5 Å². The molecule has 27 heavy (non-hydrogen) atoms. The van der Waals surface area contributed by atoms with E-state index in [1.54, 1.807) is 0 Å². The number of ether oxygens (including phenoxy) is 1. The van der Waals surface area contributed by atoms with Gasteiger partial charge in [0.05, 0.1) is 0 Å². The Kier molecular flexibility index (Phi) is 10.5. The zero-order valence-electron chi connectivity index (χ0n) is 16.9. The van der Waals surface area contributed by atoms with Crippen LogP contribution in [-0.4, -0.2) is 24.4 Å². The zero-order valence-corrected chi connectivity index (χ0v) is 17.8. The first-order chi connectivity index (χ1) is 12.5. The number of aliphatic hydroxyl groups is 1. The number of para-hydroxylation sites is 1. The molecule has 2 aromatic rings. The molecule has 0 radical (unpaired) electrons. The second-order valence-corrected chi connectivity index (χ2v) is 7.04. The Hall–Kier alpha value is -1.55. The summed E-state index contributed by atoms with van der Waals surface area (Å²) < 4.78 is 5.90. The predicted octanol–water partition coefficient (Wildman–Crippen LogP) is 5.27. The Morgan fingerprint density at radius 2 is 1.67 bits per heavy atom. The van der Waals surface area contributed by atoms with Gasteiger partial charge in [-0.2, -0.15) is 0 Å². The van der Waals surface area contributed by atoms with Gasteiger partial charge in [0.25, 0.3) is 0 Å². The van der Waals surface area contributed by atoms with Gasteiger partial charge in [0, 0.05) is 12.6 Å². The molecule has 0 saturated heterocycles. The van der Waals surface area contributed by atoms with E-state index in [1.165, 1.54) is 16.7 Å². The smallest absolute Gasteiger partial charge is 0.122 e. The summed E-state index contributed by atoms with van der Waals surface area (Å²) in [6.07, 6.45) is 1.58. The van der Waals surface area contributed by atoms with Crippen LogP contribution in [0.4, 0.5) is 0 Å². The van der Waals surface area contributed by atoms with Gasteiger partial charge < -0.3 is 15.2 Å². The van der Waals surface area contributed by atoms with Crippen molar-refractivity contribution in [3.63, 3.8) is 0 Å². The van der Waals surface area contributed by atoms with Gasteiger partial charge >= 0.3 is 0 Å². The fraction of sp³-hybridized carbons (Fsp3) is 0.478. The van der Waals surface area contributed by atoms with E-state index < -0.39 is 6.10 Å². The van der Waals surface area contributed by atoms with Gasteiger partial charge in [-0.15, -0.1) is 12.4 Å². The number of nitrogens with one attached hydrogen (secondary N) is 1. The molecule has 0 fully saturated rings. The quantitative estimate of drug-likeness (QED) is 0.579. The molecule has 2 aromatic carbocycles. The third-order valence-corrected chi connectivity index (χ3v) is 5.04. The highest BCUT2D eigenvalue weighted by Gasteiger charge is 2.13. The largest absolute Gasteiger partial charge is 0.491 e. The van der Waals surface area contributed by atoms with Crippen molar-refractivity contribution in [1.29, 1.82) is 0 Å². The number of aryl methyl sites for hydroxylation is 1. The van der Waals surface area contributed by atoms with Crippen molar-refractivity contribution in [2.24, 2.45) is 0 Å². The van der Waals surface area contributed by atoms with Crippen LogP contribution in [0.15, 0.2) is 48.5 Å². The van der Waals surface area contributed by atoms with E-state index >= 15 is 0 Å². The number of benzene rings is 2. The lowest BCUT2D eigenvalue weighted by atomic mass is 9.98. The molecule has 3 nitrogen and oxygen atoms in total. The summed E-state index contributed by atoms with van der Waals surface area (Å²) >= 11 is 0. The van der Waals surface area contributed by atoms with Crippen molar-refractivity contribution >= 4 is 12.4 Å². The topological polar surface area (TPSA) is 41.5 Å². The average Bonchev–Trinajstić information content (AvgIpc) is 2.70. The number of rotatable bonds is 10. The van der Waals surface area contributed by atoms with Crippen LogP contribution in [0.5, 0.6) is 5.75 Å². The van der Waals surface area contributed by atoms with Crippen LogP contribution in [0.1, 0.15) is 62.8 Å². The molecule has 0 amide bonds. The van der Waals surface area contributed by atoms with Gasteiger partial charge in [-0.25, -0.2) is 0 Å². The van der Waals surface area contributed by atoms with Crippen LogP contribution in [0, 0.1) is 0 Å². The van der Waals surface area contributed by atoms with Crippen LogP contribution in [-0.2, 0) is 6.42 Å². The third-order valence-electron chi connectivity index (χ3n) is 5.04. The molecule has 0 bridgehead atoms. The molecule has 3 unspecified atom stereocenters. The molecule has 150 valence electrons. The van der Waals surface area contributed by atoms with Crippen molar-refractivity contribution in [3.05, 3.63) is 65.2 Å². The van der Waals surface area contributed by atoms with E-state index in [9.17, 15) is 5.11 Å². The summed E-state index contributed by atoms with van der Waals surface area (Å²) in [7, 11) is 0. The Morgan fingerprint density at radius 3 is 2.30 bits per heavy atom. The van der Waals surface area contributed by atoms with E-state index in [2.05, 4.69) is 63.3 Å². The summed E-state index contributed by atoms with van der Waals surface area (Å²) in [5.74, 6) is 1.33. The lowest BCUT2D eigenvalue weighted by Gasteiger charge is -2.20. The predicted molar refractivity (Wildman–Crippen MR) is 116 cm³/mol. The minimum Gasteiger partial charge on any atom is -0.491 e. The minimum absolute atomic E-state index is 0. The Labute approximate surface area is 170 Å². The van der Waals surface area contributed by atoms with E-state index in [0.717, 1.165) is 18.6 Å². The summed E-state index contributed by atoms with van der Waals surface area (Å²) in [6.45, 7) is 9.45. The molecule has 0 aliphatic heterocycles. The number of aliphatic hydroxyl groups excluding tert-OH is 1. The Bertz CT molecular complexity index is 660. The summed E-state index contributed by atoms with van der Waals surface area (Å²) in [5.41, 5.74) is 3.78. The third kappa shape index (κ3) is 7.17. The summed E-state index contributed by atoms with van der Waals surface area (Å²) in [4.78, 5) is 0. The summed E-state index contributed by atoms with van der Waals surface area (Å²) in [5, 5.41) is 13.7. The average molecular weight is 392 g/mol. The van der Waals surface area contributed by atoms with Gasteiger partial charge in [-0.05, 0) is 48.4 Å². The molecule has 2 rings (SSSR count). The van der Waals surface area contributed by atoms with Crippen molar-refractivity contribution in [2.75, 3.05) is 13.2 Å². The van der Waals surface area contributed by atoms with Crippen molar-refractivity contribution in [3.8, 4) is 5.75 Å². The monoisotopic (exact) mass is 391 g/mol. The van der Waals surface area contributed by atoms with E-state index in [4.69, 9.17) is 4.74 Å². The fourth-order valence-corrected chi connectivity index (χ4v) is 2.96. The molecule has 3 atom stereocenters. The zero-order chi connectivity index (χ0) is 18.9. The summed E-state index contributed by atoms with van der Waals surface area (Å²) in [6, 6.07) is 16.9. The highest BCUT2D eigenvalue weighted by Crippen LogP contribution is 2.28. The number of hydrogen-bond acceptors (Lipinski definition) is 3. The van der Waals surface area contributed by atoms with Gasteiger partial charge in [-0.3, -0.25) is 0 Å². The Morgan fingerprint density at radius 1 is 1.00 bits per heavy atom. The number of halogens is 1. The van der Waals surface area contributed by atoms with Crippen LogP contribution in [0.3, 0.4) is 0 Å².